The number of nitrogens with zero attached hydrogens (tertiary/aromatic N) is 1. The highest BCUT2D eigenvalue weighted by atomic mass is 16.5. The Labute approximate surface area is 152 Å². The van der Waals surface area contributed by atoms with Crippen LogP contribution in [-0.4, -0.2) is 29.9 Å². The molecule has 4 N–H and O–H groups in total. The highest BCUT2D eigenvalue weighted by Gasteiger charge is 2.31. The Balaban J connectivity index is 1.57. The number of aromatic hydroxyl groups is 1. The van der Waals surface area contributed by atoms with E-state index in [1.54, 1.807) is 24.3 Å². The highest BCUT2D eigenvalue weighted by Crippen LogP contribution is 2.30. The summed E-state index contributed by atoms with van der Waals surface area (Å²) in [4.78, 5) is 12.3. The van der Waals surface area contributed by atoms with Crippen LogP contribution in [0.5, 0.6) is 11.5 Å². The number of hydrogen-bond donors (Lipinski definition) is 4. The number of carbonyl (C=O) groups excluding carboxylic acids is 1. The molecule has 1 aliphatic rings. The second-order valence-corrected chi connectivity index (χ2v) is 5.93. The van der Waals surface area contributed by atoms with E-state index >= 15 is 0 Å². The van der Waals surface area contributed by atoms with Crippen LogP contribution in [0.3, 0.4) is 0 Å². The van der Waals surface area contributed by atoms with Crippen molar-refractivity contribution in [3.05, 3.63) is 59.7 Å². The summed E-state index contributed by atoms with van der Waals surface area (Å²) in [7, 11) is 0. The van der Waals surface area contributed by atoms with Crippen LogP contribution < -0.4 is 21.0 Å². The van der Waals surface area contributed by atoms with Crippen molar-refractivity contribution in [2.45, 2.75) is 25.4 Å². The summed E-state index contributed by atoms with van der Waals surface area (Å²) in [5.41, 5.74) is 10.4. The number of para-hydroxylation sites is 1. The number of carbonyl (C=O) groups is 1. The Morgan fingerprint density at radius 3 is 2.96 bits per heavy atom. The van der Waals surface area contributed by atoms with E-state index in [0.717, 1.165) is 11.3 Å². The van der Waals surface area contributed by atoms with Gasteiger partial charge in [0.25, 0.3) is 5.91 Å². The second-order valence-electron chi connectivity index (χ2n) is 5.93. The Bertz CT molecular complexity index is 794. The van der Waals surface area contributed by atoms with Gasteiger partial charge in [0.2, 0.25) is 0 Å². The number of phenols is 1. The average Bonchev–Trinajstić information content (AvgIpc) is 3.12. The molecule has 0 spiro atoms. The molecule has 7 nitrogen and oxygen atoms in total. The third-order valence-electron chi connectivity index (χ3n) is 4.07. The maximum absolute atomic E-state index is 12.3. The zero-order valence-corrected chi connectivity index (χ0v) is 14.5. The maximum Gasteiger partial charge on any atom is 0.258 e. The van der Waals surface area contributed by atoms with Gasteiger partial charge in [-0.3, -0.25) is 4.79 Å². The summed E-state index contributed by atoms with van der Waals surface area (Å²) in [6, 6.07) is 14.0. The molecule has 2 aromatic carbocycles. The van der Waals surface area contributed by atoms with Crippen molar-refractivity contribution in [1.29, 1.82) is 0 Å². The first kappa shape index (κ1) is 17.9. The molecular weight excluding hydrogens is 332 g/mol. The molecule has 2 aromatic rings. The summed E-state index contributed by atoms with van der Waals surface area (Å²) in [6.07, 6.45) is 2.07. The smallest absolute Gasteiger partial charge is 0.258 e. The molecule has 2 unspecified atom stereocenters. The first-order valence-corrected chi connectivity index (χ1v) is 8.52. The van der Waals surface area contributed by atoms with Crippen LogP contribution in [0.1, 0.15) is 30.5 Å². The van der Waals surface area contributed by atoms with Gasteiger partial charge in [0.05, 0.1) is 18.9 Å². The van der Waals surface area contributed by atoms with Gasteiger partial charge in [-0.15, -0.1) is 0 Å². The van der Waals surface area contributed by atoms with Crippen LogP contribution in [-0.2, 0) is 4.79 Å². The van der Waals surface area contributed by atoms with E-state index < -0.39 is 6.04 Å². The van der Waals surface area contributed by atoms with Crippen molar-refractivity contribution in [2.75, 3.05) is 6.61 Å². The minimum Gasteiger partial charge on any atom is -0.508 e. The lowest BCUT2D eigenvalue weighted by Gasteiger charge is -2.15. The fraction of sp³-hybridized carbons (Fsp3) is 0.263. The fourth-order valence-electron chi connectivity index (χ4n) is 2.84. The molecule has 0 saturated carbocycles. The molecule has 1 saturated heterocycles. The minimum atomic E-state index is -0.406. The number of amides is 1. The highest BCUT2D eigenvalue weighted by molar-refractivity contribution is 5.85. The van der Waals surface area contributed by atoms with E-state index in [0.29, 0.717) is 18.6 Å². The summed E-state index contributed by atoms with van der Waals surface area (Å²) in [5, 5.41) is 13.4. The predicted octanol–water partition coefficient (Wildman–Crippen LogP) is 1.85. The molecule has 136 valence electrons. The second kappa shape index (κ2) is 8.46. The number of benzene rings is 2. The number of ether oxygens (including phenoxy) is 1. The minimum absolute atomic E-state index is 0.0245. The summed E-state index contributed by atoms with van der Waals surface area (Å²) >= 11 is 0. The van der Waals surface area contributed by atoms with Crippen LogP contribution in [0.4, 0.5) is 0 Å². The summed E-state index contributed by atoms with van der Waals surface area (Å²) < 4.78 is 5.66. The molecule has 0 radical (unpaired) electrons. The number of hydrazone groups is 1. The van der Waals surface area contributed by atoms with Crippen molar-refractivity contribution >= 4 is 12.1 Å². The van der Waals surface area contributed by atoms with Crippen LogP contribution in [0.25, 0.3) is 0 Å². The first-order chi connectivity index (χ1) is 12.7. The molecule has 1 amide bonds. The lowest BCUT2D eigenvalue weighted by atomic mass is 10.0. The quantitative estimate of drug-likeness (QED) is 0.469. The Morgan fingerprint density at radius 1 is 1.31 bits per heavy atom. The van der Waals surface area contributed by atoms with Gasteiger partial charge in [-0.25, -0.2) is 16.3 Å². The van der Waals surface area contributed by atoms with Gasteiger partial charge in [-0.2, -0.15) is 5.10 Å². The Morgan fingerprint density at radius 2 is 2.15 bits per heavy atom. The first-order valence-electron chi connectivity index (χ1n) is 8.52. The number of nitrogens with one attached hydrogen (secondary N) is 3. The number of phenolic OH excluding ortho intramolecular Hbond substituents is 1. The monoisotopic (exact) mass is 354 g/mol. The summed E-state index contributed by atoms with van der Waals surface area (Å²) in [6.45, 7) is 2.53. The van der Waals surface area contributed by atoms with Crippen LogP contribution in [0.15, 0.2) is 53.6 Å². The van der Waals surface area contributed by atoms with Crippen molar-refractivity contribution in [2.24, 2.45) is 5.10 Å². The topological polar surface area (TPSA) is 95.0 Å². The molecule has 3 rings (SSSR count). The maximum atomic E-state index is 12.3. The molecule has 1 aliphatic heterocycles. The largest absolute Gasteiger partial charge is 0.508 e. The van der Waals surface area contributed by atoms with Crippen LogP contribution >= 0.6 is 0 Å². The lowest BCUT2D eigenvalue weighted by Crippen LogP contribution is -2.41. The predicted molar refractivity (Wildman–Crippen MR) is 98.9 cm³/mol. The molecular formula is C19H22N4O3. The van der Waals surface area contributed by atoms with Gasteiger partial charge in [-0.1, -0.05) is 30.3 Å². The van der Waals surface area contributed by atoms with Crippen LogP contribution in [0.2, 0.25) is 0 Å². The van der Waals surface area contributed by atoms with Crippen molar-refractivity contribution < 1.29 is 14.6 Å². The molecule has 0 bridgehead atoms. The van der Waals surface area contributed by atoms with Gasteiger partial charge < -0.3 is 9.84 Å². The van der Waals surface area contributed by atoms with E-state index in [1.165, 1.54) is 6.21 Å². The molecule has 1 heterocycles. The van der Waals surface area contributed by atoms with Crippen LogP contribution in [0, 0.1) is 0 Å². The van der Waals surface area contributed by atoms with Crippen molar-refractivity contribution in [3.63, 3.8) is 0 Å². The SMILES string of the molecule is CCOc1ccccc1C1CC(C(=O)N/N=C/c2cccc(O)c2)NN1. The Kier molecular flexibility index (Phi) is 5.83. The molecule has 0 aromatic heterocycles. The molecule has 0 aliphatic carbocycles. The number of hydrazine groups is 1. The molecule has 2 atom stereocenters. The summed E-state index contributed by atoms with van der Waals surface area (Å²) in [5.74, 6) is 0.736. The molecule has 1 fully saturated rings. The third-order valence-corrected chi connectivity index (χ3v) is 4.07. The average molecular weight is 354 g/mol. The zero-order chi connectivity index (χ0) is 18.4. The van der Waals surface area contributed by atoms with Gasteiger partial charge in [0.1, 0.15) is 17.5 Å². The van der Waals surface area contributed by atoms with E-state index in [4.69, 9.17) is 4.74 Å². The molecule has 26 heavy (non-hydrogen) atoms. The van der Waals surface area contributed by atoms with Crippen molar-refractivity contribution in [1.82, 2.24) is 16.3 Å². The van der Waals surface area contributed by atoms with E-state index in [9.17, 15) is 9.90 Å². The van der Waals surface area contributed by atoms with E-state index in [-0.39, 0.29) is 17.7 Å². The fourth-order valence-corrected chi connectivity index (χ4v) is 2.84. The van der Waals surface area contributed by atoms with Gasteiger partial charge in [0.15, 0.2) is 0 Å². The normalized spacial score (nSPS) is 19.6. The van der Waals surface area contributed by atoms with Crippen molar-refractivity contribution in [3.8, 4) is 11.5 Å². The zero-order valence-electron chi connectivity index (χ0n) is 14.5. The van der Waals surface area contributed by atoms with E-state index in [1.807, 2.05) is 31.2 Å². The third kappa shape index (κ3) is 4.38. The van der Waals surface area contributed by atoms with E-state index in [2.05, 4.69) is 21.4 Å². The standard InChI is InChI=1S/C19H22N4O3/c1-2-26-18-9-4-3-8-15(18)16-11-17(22-21-16)19(25)23-20-12-13-6-5-7-14(24)10-13/h3-10,12,16-17,21-22,24H,2,11H2,1H3,(H,23,25)/b20-12+. The van der Waals surface area contributed by atoms with Gasteiger partial charge in [0, 0.05) is 5.56 Å². The lowest BCUT2D eigenvalue weighted by molar-refractivity contribution is -0.122. The van der Waals surface area contributed by atoms with Gasteiger partial charge >= 0.3 is 0 Å². The number of hydrogen-bond acceptors (Lipinski definition) is 6. The Hall–Kier alpha value is -2.90. The molecule has 7 heteroatoms. The van der Waals surface area contributed by atoms with Gasteiger partial charge in [-0.05, 0) is 37.1 Å². The number of rotatable bonds is 6.